The first-order valence-corrected chi connectivity index (χ1v) is 11.8. The Morgan fingerprint density at radius 2 is 1.97 bits per heavy atom. The molecule has 1 amide bonds. The molecule has 0 bridgehead atoms. The van der Waals surface area contributed by atoms with E-state index in [2.05, 4.69) is 15.5 Å². The average molecular weight is 479 g/mol. The van der Waals surface area contributed by atoms with Crippen molar-refractivity contribution in [3.63, 3.8) is 0 Å². The second kappa shape index (κ2) is 9.35. The average Bonchev–Trinajstić information content (AvgIpc) is 3.27. The van der Waals surface area contributed by atoms with Gasteiger partial charge in [0.2, 0.25) is 27.6 Å². The van der Waals surface area contributed by atoms with Crippen molar-refractivity contribution >= 4 is 27.5 Å². The van der Waals surface area contributed by atoms with Gasteiger partial charge in [0.05, 0.1) is 22.4 Å². The highest BCUT2D eigenvalue weighted by Crippen LogP contribution is 2.26. The van der Waals surface area contributed by atoms with Crippen LogP contribution in [0.2, 0.25) is 5.02 Å². The lowest BCUT2D eigenvalue weighted by atomic mass is 9.99. The minimum Gasteiger partial charge on any atom is -0.347 e. The maximum atomic E-state index is 13.1. The van der Waals surface area contributed by atoms with Crippen LogP contribution in [0.3, 0.4) is 0 Å². The van der Waals surface area contributed by atoms with Crippen molar-refractivity contribution in [1.82, 2.24) is 19.8 Å². The third kappa shape index (κ3) is 4.82. The molecule has 8 nitrogen and oxygen atoms in total. The van der Waals surface area contributed by atoms with Crippen molar-refractivity contribution in [1.29, 1.82) is 0 Å². The van der Waals surface area contributed by atoms with Crippen LogP contribution in [-0.2, 0) is 21.4 Å². The van der Waals surface area contributed by atoms with Crippen molar-refractivity contribution in [3.05, 3.63) is 65.3 Å². The maximum absolute atomic E-state index is 13.1. The third-order valence-electron chi connectivity index (χ3n) is 5.20. The number of rotatable bonds is 6. The largest absolute Gasteiger partial charge is 0.347 e. The maximum Gasteiger partial charge on any atom is 0.246 e. The van der Waals surface area contributed by atoms with Gasteiger partial charge in [-0.25, -0.2) is 12.8 Å². The Balaban J connectivity index is 1.38. The van der Waals surface area contributed by atoms with Gasteiger partial charge in [-0.15, -0.1) is 0 Å². The number of amides is 1. The van der Waals surface area contributed by atoms with Gasteiger partial charge < -0.3 is 9.84 Å². The van der Waals surface area contributed by atoms with Gasteiger partial charge in [-0.1, -0.05) is 28.9 Å². The summed E-state index contributed by atoms with van der Waals surface area (Å²) in [6.45, 7) is 0.353. The zero-order valence-electron chi connectivity index (χ0n) is 16.9. The molecule has 1 fully saturated rings. The van der Waals surface area contributed by atoms with Crippen molar-refractivity contribution in [2.45, 2.75) is 24.3 Å². The molecule has 0 aliphatic carbocycles. The zero-order chi connectivity index (χ0) is 22.7. The van der Waals surface area contributed by atoms with Gasteiger partial charge in [0.25, 0.3) is 0 Å². The molecule has 3 aromatic rings. The molecule has 0 unspecified atom stereocenters. The number of carbonyl (C=O) groups excluding carboxylic acids is 1. The van der Waals surface area contributed by atoms with Crippen LogP contribution in [0.5, 0.6) is 0 Å². The predicted octanol–water partition coefficient (Wildman–Crippen LogP) is 3.25. The van der Waals surface area contributed by atoms with Crippen molar-refractivity contribution in [2.75, 3.05) is 13.1 Å². The van der Waals surface area contributed by atoms with E-state index in [0.717, 1.165) is 12.1 Å². The highest BCUT2D eigenvalue weighted by Gasteiger charge is 2.33. The van der Waals surface area contributed by atoms with E-state index in [1.807, 2.05) is 0 Å². The second-order valence-corrected chi connectivity index (χ2v) is 9.71. The molecule has 4 rings (SSSR count). The summed E-state index contributed by atoms with van der Waals surface area (Å²) in [5.74, 6) is -0.820. The predicted molar refractivity (Wildman–Crippen MR) is 114 cm³/mol. The van der Waals surface area contributed by atoms with E-state index in [0.29, 0.717) is 35.8 Å². The van der Waals surface area contributed by atoms with Gasteiger partial charge in [0, 0.05) is 18.7 Å². The summed E-state index contributed by atoms with van der Waals surface area (Å²) >= 11 is 6.14. The molecule has 11 heteroatoms. The first kappa shape index (κ1) is 22.4. The van der Waals surface area contributed by atoms with Crippen molar-refractivity contribution in [2.24, 2.45) is 5.92 Å². The minimum atomic E-state index is -3.81. The van der Waals surface area contributed by atoms with Gasteiger partial charge in [-0.2, -0.15) is 9.29 Å². The molecular formula is C21H20ClFN4O4S. The number of nitrogens with one attached hydrogen (secondary N) is 1. The van der Waals surface area contributed by atoms with Crippen LogP contribution >= 0.6 is 11.6 Å². The summed E-state index contributed by atoms with van der Waals surface area (Å²) in [5, 5.41) is 7.09. The molecule has 0 radical (unpaired) electrons. The minimum absolute atomic E-state index is 0.00193. The van der Waals surface area contributed by atoms with Gasteiger partial charge in [-0.05, 0) is 49.2 Å². The zero-order valence-corrected chi connectivity index (χ0v) is 18.4. The molecule has 1 aromatic heterocycles. The summed E-state index contributed by atoms with van der Waals surface area (Å²) in [5.41, 5.74) is 0.615. The third-order valence-corrected chi connectivity index (χ3v) is 7.41. The number of hydrogen-bond donors (Lipinski definition) is 1. The van der Waals surface area contributed by atoms with Crippen LogP contribution in [0, 0.1) is 11.7 Å². The summed E-state index contributed by atoms with van der Waals surface area (Å²) in [6, 6.07) is 11.7. The molecule has 2 heterocycles. The Morgan fingerprint density at radius 1 is 1.22 bits per heavy atom. The number of piperidine rings is 1. The summed E-state index contributed by atoms with van der Waals surface area (Å²) in [7, 11) is -3.81. The number of halogens is 2. The molecule has 1 aliphatic heterocycles. The van der Waals surface area contributed by atoms with Crippen molar-refractivity contribution in [3.8, 4) is 11.4 Å². The SMILES string of the molecule is O=C(NCc1nc(-c2ccccc2Cl)no1)[C@@H]1CCCN(S(=O)(=O)c2ccc(F)cc2)C1. The fraction of sp³-hybridized carbons (Fsp3) is 0.286. The van der Waals surface area contributed by atoms with Crippen LogP contribution in [0.4, 0.5) is 4.39 Å². The van der Waals surface area contributed by atoms with Crippen LogP contribution in [0.15, 0.2) is 57.9 Å². The fourth-order valence-electron chi connectivity index (χ4n) is 3.52. The molecule has 1 N–H and O–H groups in total. The first-order chi connectivity index (χ1) is 15.3. The molecule has 2 aromatic carbocycles. The van der Waals surface area contributed by atoms with E-state index in [4.69, 9.17) is 16.1 Å². The lowest BCUT2D eigenvalue weighted by molar-refractivity contribution is -0.126. The highest BCUT2D eigenvalue weighted by molar-refractivity contribution is 7.89. The number of aromatic nitrogens is 2. The summed E-state index contributed by atoms with van der Waals surface area (Å²) in [6.07, 6.45) is 1.09. The Morgan fingerprint density at radius 3 is 2.72 bits per heavy atom. The first-order valence-electron chi connectivity index (χ1n) is 9.95. The Bertz CT molecular complexity index is 1220. The topological polar surface area (TPSA) is 105 Å². The standard InChI is InChI=1S/C21H20ClFN4O4S/c22-18-6-2-1-5-17(18)20-25-19(31-26-20)12-24-21(28)14-4-3-11-27(13-14)32(29,30)16-9-7-15(23)8-10-16/h1-2,5-10,14H,3-4,11-13H2,(H,24,28)/t14-/m1/s1. The number of nitrogens with zero attached hydrogens (tertiary/aromatic N) is 3. The lowest BCUT2D eigenvalue weighted by Gasteiger charge is -2.31. The molecule has 0 saturated carbocycles. The quantitative estimate of drug-likeness (QED) is 0.583. The summed E-state index contributed by atoms with van der Waals surface area (Å²) < 4.78 is 45.3. The van der Waals surface area contributed by atoms with Crippen LogP contribution in [0.1, 0.15) is 18.7 Å². The summed E-state index contributed by atoms with van der Waals surface area (Å²) in [4.78, 5) is 16.9. The number of carbonyl (C=O) groups is 1. The van der Waals surface area contributed by atoms with Crippen LogP contribution in [-0.4, -0.2) is 41.9 Å². The Kier molecular flexibility index (Phi) is 6.54. The molecule has 32 heavy (non-hydrogen) atoms. The molecular weight excluding hydrogens is 459 g/mol. The Hall–Kier alpha value is -2.82. The van der Waals surface area contributed by atoms with E-state index in [-0.39, 0.29) is 29.8 Å². The highest BCUT2D eigenvalue weighted by atomic mass is 35.5. The molecule has 0 spiro atoms. The molecule has 168 valence electrons. The van der Waals surface area contributed by atoms with E-state index in [9.17, 15) is 17.6 Å². The van der Waals surface area contributed by atoms with Crippen molar-refractivity contribution < 1.29 is 22.1 Å². The fourth-order valence-corrected chi connectivity index (χ4v) is 5.26. The molecule has 1 aliphatic rings. The monoisotopic (exact) mass is 478 g/mol. The smallest absolute Gasteiger partial charge is 0.246 e. The number of sulfonamides is 1. The van der Waals surface area contributed by atoms with Gasteiger partial charge in [0.1, 0.15) is 5.82 Å². The second-order valence-electron chi connectivity index (χ2n) is 7.37. The van der Waals surface area contributed by atoms with Crippen LogP contribution < -0.4 is 5.32 Å². The van der Waals surface area contributed by atoms with Gasteiger partial charge >= 0.3 is 0 Å². The van der Waals surface area contributed by atoms with Gasteiger partial charge in [0.15, 0.2) is 0 Å². The molecule has 1 atom stereocenters. The number of hydrogen-bond acceptors (Lipinski definition) is 6. The Labute approximate surface area is 189 Å². The lowest BCUT2D eigenvalue weighted by Crippen LogP contribution is -2.45. The number of benzene rings is 2. The van der Waals surface area contributed by atoms with E-state index < -0.39 is 21.8 Å². The van der Waals surface area contributed by atoms with E-state index in [1.165, 1.54) is 16.4 Å². The normalized spacial score (nSPS) is 17.2. The molecule has 1 saturated heterocycles. The van der Waals surface area contributed by atoms with Crippen LogP contribution in [0.25, 0.3) is 11.4 Å². The van der Waals surface area contributed by atoms with Gasteiger partial charge in [-0.3, -0.25) is 4.79 Å². The van der Waals surface area contributed by atoms with E-state index in [1.54, 1.807) is 24.3 Å². The van der Waals surface area contributed by atoms with E-state index >= 15 is 0 Å².